The molecular formula is C25H18Br2Cl2N4O3. The van der Waals surface area contributed by atoms with Crippen LogP contribution in [0.25, 0.3) is 10.9 Å². The first kappa shape index (κ1) is 26.3. The van der Waals surface area contributed by atoms with Crippen LogP contribution < -0.4 is 15.6 Å². The molecule has 4 rings (SSSR count). The maximum absolute atomic E-state index is 13.2. The zero-order valence-corrected chi connectivity index (χ0v) is 23.4. The summed E-state index contributed by atoms with van der Waals surface area (Å²) in [4.78, 5) is 30.2. The van der Waals surface area contributed by atoms with Crippen molar-refractivity contribution in [3.63, 3.8) is 0 Å². The molecule has 0 saturated carbocycles. The van der Waals surface area contributed by atoms with E-state index in [9.17, 15) is 9.59 Å². The Bertz CT molecular complexity index is 1540. The first-order valence-corrected chi connectivity index (χ1v) is 13.0. The first-order chi connectivity index (χ1) is 17.2. The molecule has 11 heteroatoms. The van der Waals surface area contributed by atoms with Crippen molar-refractivity contribution in [3.05, 3.63) is 95.3 Å². The van der Waals surface area contributed by atoms with Crippen LogP contribution in [0.1, 0.15) is 18.3 Å². The van der Waals surface area contributed by atoms with Gasteiger partial charge in [0.25, 0.3) is 11.5 Å². The maximum atomic E-state index is 13.2. The van der Waals surface area contributed by atoms with E-state index in [0.29, 0.717) is 54.7 Å². The molecule has 3 aromatic carbocycles. The fraction of sp³-hybridized carbons (Fsp3) is 0.120. The Morgan fingerprint density at radius 2 is 1.86 bits per heavy atom. The number of rotatable bonds is 7. The number of ether oxygens (including phenoxy) is 1. The number of carbonyl (C=O) groups excluding carboxylic acids is 1. The van der Waals surface area contributed by atoms with Crippen LogP contribution in [0.2, 0.25) is 10.0 Å². The van der Waals surface area contributed by atoms with Gasteiger partial charge in [-0.1, -0.05) is 46.1 Å². The molecule has 0 radical (unpaired) electrons. The minimum Gasteiger partial charge on any atom is -0.482 e. The van der Waals surface area contributed by atoms with Crippen LogP contribution in [0.5, 0.6) is 5.75 Å². The molecule has 0 bridgehead atoms. The van der Waals surface area contributed by atoms with Gasteiger partial charge in [-0.2, -0.15) is 9.78 Å². The molecule has 0 aliphatic carbocycles. The van der Waals surface area contributed by atoms with E-state index in [1.807, 2.05) is 13.0 Å². The van der Waals surface area contributed by atoms with Gasteiger partial charge in [0.05, 0.1) is 21.6 Å². The van der Waals surface area contributed by atoms with Crippen LogP contribution in [-0.4, -0.2) is 28.4 Å². The van der Waals surface area contributed by atoms with E-state index >= 15 is 0 Å². The highest BCUT2D eigenvalue weighted by Crippen LogP contribution is 2.32. The number of aromatic nitrogens is 2. The van der Waals surface area contributed by atoms with Crippen LogP contribution in [0.3, 0.4) is 0 Å². The molecule has 0 saturated heterocycles. The van der Waals surface area contributed by atoms with Gasteiger partial charge in [0.1, 0.15) is 11.6 Å². The third-order valence-corrected chi connectivity index (χ3v) is 6.57. The molecule has 184 valence electrons. The highest BCUT2D eigenvalue weighted by molar-refractivity contribution is 9.10. The maximum Gasteiger partial charge on any atom is 0.282 e. The zero-order chi connectivity index (χ0) is 25.8. The molecule has 1 heterocycles. The number of nitrogens with zero attached hydrogens (tertiary/aromatic N) is 3. The lowest BCUT2D eigenvalue weighted by Gasteiger charge is -2.13. The van der Waals surface area contributed by atoms with Crippen molar-refractivity contribution in [2.45, 2.75) is 13.3 Å². The molecule has 1 aromatic heterocycles. The van der Waals surface area contributed by atoms with Gasteiger partial charge in [0, 0.05) is 32.2 Å². The van der Waals surface area contributed by atoms with Gasteiger partial charge >= 0.3 is 0 Å². The molecule has 0 spiro atoms. The van der Waals surface area contributed by atoms with Crippen molar-refractivity contribution in [1.82, 2.24) is 9.66 Å². The van der Waals surface area contributed by atoms with Crippen LogP contribution in [0.15, 0.2) is 73.4 Å². The first-order valence-electron chi connectivity index (χ1n) is 10.7. The molecule has 0 atom stereocenters. The van der Waals surface area contributed by atoms with Crippen molar-refractivity contribution in [1.29, 1.82) is 0 Å². The summed E-state index contributed by atoms with van der Waals surface area (Å²) >= 11 is 19.0. The molecule has 0 fully saturated rings. The Hall–Kier alpha value is -2.72. The van der Waals surface area contributed by atoms with Gasteiger partial charge in [0.2, 0.25) is 0 Å². The molecule has 36 heavy (non-hydrogen) atoms. The number of aryl methyl sites for hydroxylation is 1. The monoisotopic (exact) mass is 650 g/mol. The van der Waals surface area contributed by atoms with Crippen molar-refractivity contribution >= 4 is 83.8 Å². The molecule has 7 nitrogen and oxygen atoms in total. The molecule has 1 amide bonds. The summed E-state index contributed by atoms with van der Waals surface area (Å²) in [7, 11) is 0. The largest absolute Gasteiger partial charge is 0.482 e. The Labute approximate surface area is 233 Å². The lowest BCUT2D eigenvalue weighted by Crippen LogP contribution is -2.22. The Kier molecular flexibility index (Phi) is 8.46. The van der Waals surface area contributed by atoms with Crippen LogP contribution >= 0.6 is 55.1 Å². The van der Waals surface area contributed by atoms with E-state index in [1.165, 1.54) is 10.9 Å². The summed E-state index contributed by atoms with van der Waals surface area (Å²) in [5, 5.41) is 8.56. The van der Waals surface area contributed by atoms with Crippen LogP contribution in [0.4, 0.5) is 5.69 Å². The van der Waals surface area contributed by atoms with E-state index in [4.69, 9.17) is 27.9 Å². The van der Waals surface area contributed by atoms with Gasteiger partial charge in [-0.3, -0.25) is 9.59 Å². The Morgan fingerprint density at radius 3 is 2.58 bits per heavy atom. The smallest absolute Gasteiger partial charge is 0.282 e. The number of amides is 1. The average molecular weight is 653 g/mol. The third-order valence-electron chi connectivity index (χ3n) is 5.02. The second-order valence-electron chi connectivity index (χ2n) is 7.55. The molecule has 1 N–H and O–H groups in total. The minimum absolute atomic E-state index is 0.268. The van der Waals surface area contributed by atoms with Crippen LogP contribution in [0, 0.1) is 0 Å². The Morgan fingerprint density at radius 1 is 1.11 bits per heavy atom. The summed E-state index contributed by atoms with van der Waals surface area (Å²) in [5.41, 5.74) is 1.34. The van der Waals surface area contributed by atoms with E-state index in [0.717, 1.165) is 4.47 Å². The van der Waals surface area contributed by atoms with E-state index in [-0.39, 0.29) is 18.1 Å². The standard InChI is InChI=1S/C25H18Br2Cl2N4O3/c1-2-22-32-21-8-3-15(26)10-19(21)25(35)33(22)30-12-14-9-17(29)11-20(27)24(14)36-13-23(34)31-18-6-4-16(28)5-7-18/h3-12H,2,13H2,1H3,(H,31,34). The Balaban J connectivity index is 1.63. The fourth-order valence-electron chi connectivity index (χ4n) is 3.36. The number of halogens is 4. The number of hydrogen-bond acceptors (Lipinski definition) is 5. The van der Waals surface area contributed by atoms with Gasteiger partial charge < -0.3 is 10.1 Å². The number of anilines is 1. The molecule has 0 aliphatic rings. The highest BCUT2D eigenvalue weighted by Gasteiger charge is 2.14. The third kappa shape index (κ3) is 6.15. The summed E-state index contributed by atoms with van der Waals surface area (Å²) in [5.74, 6) is 0.477. The van der Waals surface area contributed by atoms with Gasteiger partial charge in [-0.25, -0.2) is 4.98 Å². The van der Waals surface area contributed by atoms with Crippen molar-refractivity contribution in [3.8, 4) is 5.75 Å². The molecule has 0 aliphatic heterocycles. The summed E-state index contributed by atoms with van der Waals surface area (Å²) in [6.07, 6.45) is 1.95. The average Bonchev–Trinajstić information content (AvgIpc) is 2.84. The van der Waals surface area contributed by atoms with Crippen molar-refractivity contribution in [2.24, 2.45) is 5.10 Å². The number of hydrogen-bond donors (Lipinski definition) is 1. The van der Waals surface area contributed by atoms with Gasteiger partial charge in [0.15, 0.2) is 6.61 Å². The van der Waals surface area contributed by atoms with E-state index in [2.05, 4.69) is 47.3 Å². The normalized spacial score (nSPS) is 11.2. The van der Waals surface area contributed by atoms with Gasteiger partial charge in [-0.15, -0.1) is 0 Å². The molecule has 0 unspecified atom stereocenters. The second kappa shape index (κ2) is 11.6. The number of benzene rings is 3. The summed E-state index contributed by atoms with van der Waals surface area (Å²) in [6, 6.07) is 15.3. The van der Waals surface area contributed by atoms with Crippen LogP contribution in [-0.2, 0) is 11.2 Å². The lowest BCUT2D eigenvalue weighted by molar-refractivity contribution is -0.118. The predicted molar refractivity (Wildman–Crippen MR) is 151 cm³/mol. The summed E-state index contributed by atoms with van der Waals surface area (Å²) < 4.78 is 8.34. The lowest BCUT2D eigenvalue weighted by atomic mass is 10.2. The van der Waals surface area contributed by atoms with Crippen molar-refractivity contribution in [2.75, 3.05) is 11.9 Å². The SMILES string of the molecule is CCc1nc2ccc(Br)cc2c(=O)n1N=Cc1cc(Cl)cc(Br)c1OCC(=O)Nc1ccc(Cl)cc1. The predicted octanol–water partition coefficient (Wildman–Crippen LogP) is 6.69. The van der Waals surface area contributed by atoms with E-state index in [1.54, 1.807) is 48.5 Å². The second-order valence-corrected chi connectivity index (χ2v) is 10.2. The molecular weight excluding hydrogens is 635 g/mol. The topological polar surface area (TPSA) is 85.6 Å². The van der Waals surface area contributed by atoms with Gasteiger partial charge in [-0.05, 0) is 70.5 Å². The van der Waals surface area contributed by atoms with Crippen molar-refractivity contribution < 1.29 is 9.53 Å². The molecule has 4 aromatic rings. The quantitative estimate of drug-likeness (QED) is 0.226. The van der Waals surface area contributed by atoms with E-state index < -0.39 is 0 Å². The summed E-state index contributed by atoms with van der Waals surface area (Å²) in [6.45, 7) is 1.62. The minimum atomic E-state index is -0.365. The number of carbonyl (C=O) groups is 1. The zero-order valence-electron chi connectivity index (χ0n) is 18.8. The number of nitrogens with one attached hydrogen (secondary N) is 1. The number of fused-ring (bicyclic) bond motifs is 1. The highest BCUT2D eigenvalue weighted by atomic mass is 79.9. The fourth-order valence-corrected chi connectivity index (χ4v) is 4.79.